The Balaban J connectivity index is -0.000000186. The molecule has 35 heavy (non-hydrogen) atoms. The number of unbranched alkanes of at least 4 members (excludes halogenated alkanes) is 4. The Morgan fingerprint density at radius 2 is 1.09 bits per heavy atom. The zero-order chi connectivity index (χ0) is 28.1. The van der Waals surface area contributed by atoms with Crippen molar-refractivity contribution in [1.29, 1.82) is 5.41 Å². The number of Topliss-reactive ketones (excluding diaryl/α,β-unsaturated/α-hetero) is 3. The quantitative estimate of drug-likeness (QED) is 0.120. The number of allylic oxidation sites excluding steroid dienone is 6. The topological polar surface area (TPSA) is 109 Å². The van der Waals surface area contributed by atoms with Crippen LogP contribution in [0.15, 0.2) is 36.0 Å². The van der Waals surface area contributed by atoms with Gasteiger partial charge in [-0.3, -0.25) is 14.4 Å². The maximum Gasteiger partial charge on any atom is 0.159 e. The van der Waals surface area contributed by atoms with Crippen molar-refractivity contribution in [2.45, 2.75) is 113 Å². The highest BCUT2D eigenvalue weighted by Crippen LogP contribution is 2.02. The molecule has 0 spiro atoms. The largest absolute Gasteiger partial charge is 0.309 e. The third-order valence-electron chi connectivity index (χ3n) is 4.02. The molecule has 0 aliphatic carbocycles. The van der Waals surface area contributed by atoms with Gasteiger partial charge in [0.2, 0.25) is 0 Å². The van der Waals surface area contributed by atoms with Crippen LogP contribution in [0.1, 0.15) is 113 Å². The zero-order valence-corrected chi connectivity index (χ0v) is 23.4. The number of hydrogen-bond acceptors (Lipinski definition) is 6. The zero-order valence-electron chi connectivity index (χ0n) is 23.4. The molecule has 6 nitrogen and oxygen atoms in total. The summed E-state index contributed by atoms with van der Waals surface area (Å²) in [6.45, 7) is 13.9. The standard InChI is InChI=1S/C9H13NO.C8H16O.C6H8O2.C6H12O/c1-3-4-5-9(6-7-10)8(2)11;1-3-4-5-6-7-8(2)9;1-5(7)3-4-6(2)8;1-3-4-5-6(2)7/h4-7,10H,3H2,1-2H3;3-7H2,1-2H3;3-4H,1-2H3;3-5H2,1-2H3/b5-4-,9-6+,10-7?;;4-3-;. The van der Waals surface area contributed by atoms with Crippen LogP contribution in [-0.2, 0) is 24.0 Å². The van der Waals surface area contributed by atoms with Crippen molar-refractivity contribution in [3.8, 4) is 0 Å². The molecule has 6 heteroatoms. The predicted molar refractivity (Wildman–Crippen MR) is 147 cm³/mol. The highest BCUT2D eigenvalue weighted by atomic mass is 16.1. The van der Waals surface area contributed by atoms with E-state index in [2.05, 4.69) is 13.8 Å². The van der Waals surface area contributed by atoms with Crippen LogP contribution in [0.3, 0.4) is 0 Å². The molecular weight excluding hydrogens is 442 g/mol. The molecule has 0 unspecified atom stereocenters. The van der Waals surface area contributed by atoms with Gasteiger partial charge in [-0.05, 0) is 72.1 Å². The van der Waals surface area contributed by atoms with Crippen molar-refractivity contribution in [3.63, 3.8) is 0 Å². The number of nitrogens with one attached hydrogen (secondary N) is 1. The van der Waals surface area contributed by atoms with Crippen LogP contribution in [0, 0.1) is 5.41 Å². The molecule has 0 saturated carbocycles. The average Bonchev–Trinajstić information content (AvgIpc) is 2.77. The van der Waals surface area contributed by atoms with Crippen LogP contribution in [-0.4, -0.2) is 35.1 Å². The van der Waals surface area contributed by atoms with Crippen molar-refractivity contribution >= 4 is 35.1 Å². The molecule has 0 heterocycles. The van der Waals surface area contributed by atoms with E-state index < -0.39 is 0 Å². The molecule has 0 rings (SSSR count). The smallest absolute Gasteiger partial charge is 0.159 e. The first-order valence-electron chi connectivity index (χ1n) is 12.5. The lowest BCUT2D eigenvalue weighted by atomic mass is 10.1. The predicted octanol–water partition coefficient (Wildman–Crippen LogP) is 7.15. The molecule has 0 saturated heterocycles. The van der Waals surface area contributed by atoms with E-state index in [9.17, 15) is 24.0 Å². The molecule has 0 bridgehead atoms. The van der Waals surface area contributed by atoms with E-state index in [0.717, 1.165) is 44.7 Å². The number of hydrogen-bond donors (Lipinski definition) is 1. The molecule has 0 radical (unpaired) electrons. The molecule has 0 aromatic rings. The third-order valence-corrected chi connectivity index (χ3v) is 4.02. The molecule has 0 amide bonds. The van der Waals surface area contributed by atoms with Crippen LogP contribution in [0.5, 0.6) is 0 Å². The summed E-state index contributed by atoms with van der Waals surface area (Å²) in [6.07, 6.45) is 18.2. The van der Waals surface area contributed by atoms with Crippen molar-refractivity contribution in [1.82, 2.24) is 0 Å². The minimum absolute atomic E-state index is 0.00167. The lowest BCUT2D eigenvalue weighted by Crippen LogP contribution is -1.92. The van der Waals surface area contributed by atoms with Crippen LogP contribution in [0.25, 0.3) is 0 Å². The van der Waals surface area contributed by atoms with Crippen LogP contribution < -0.4 is 0 Å². The first kappa shape index (κ1) is 39.5. The average molecular weight is 492 g/mol. The molecule has 200 valence electrons. The second kappa shape index (κ2) is 31.2. The summed E-state index contributed by atoms with van der Waals surface area (Å²) in [5, 5.41) is 6.77. The lowest BCUT2D eigenvalue weighted by molar-refractivity contribution is -0.117. The van der Waals surface area contributed by atoms with Crippen molar-refractivity contribution < 1.29 is 24.0 Å². The van der Waals surface area contributed by atoms with Gasteiger partial charge in [0.05, 0.1) is 0 Å². The van der Waals surface area contributed by atoms with E-state index >= 15 is 0 Å². The molecule has 0 aromatic heterocycles. The van der Waals surface area contributed by atoms with Gasteiger partial charge < -0.3 is 15.0 Å². The second-order valence-electron chi connectivity index (χ2n) is 8.03. The molecule has 0 aliphatic heterocycles. The maximum atomic E-state index is 10.8. The van der Waals surface area contributed by atoms with Crippen LogP contribution in [0.2, 0.25) is 0 Å². The number of rotatable bonds is 14. The minimum atomic E-state index is -0.0970. The number of ketones is 5. The van der Waals surface area contributed by atoms with Gasteiger partial charge in [-0.25, -0.2) is 0 Å². The summed E-state index contributed by atoms with van der Waals surface area (Å²) in [5.74, 6) is 0.437. The number of carbonyl (C=O) groups is 5. The van der Waals surface area contributed by atoms with Crippen molar-refractivity contribution in [3.05, 3.63) is 36.0 Å². The van der Waals surface area contributed by atoms with E-state index in [1.807, 2.05) is 13.0 Å². The van der Waals surface area contributed by atoms with Gasteiger partial charge in [-0.2, -0.15) is 0 Å². The summed E-state index contributed by atoms with van der Waals surface area (Å²) in [5.41, 5.74) is 0.585. The summed E-state index contributed by atoms with van der Waals surface area (Å²) in [4.78, 5) is 51.6. The molecule has 0 fully saturated rings. The normalized spacial score (nSPS) is 10.2. The van der Waals surface area contributed by atoms with Crippen LogP contribution >= 0.6 is 0 Å². The Labute approximate surface area is 213 Å². The Kier molecular flexibility index (Phi) is 35.2. The monoisotopic (exact) mass is 491 g/mol. The summed E-state index contributed by atoms with van der Waals surface area (Å²) >= 11 is 0. The summed E-state index contributed by atoms with van der Waals surface area (Å²) in [7, 11) is 0. The molecule has 0 aliphatic rings. The first-order valence-corrected chi connectivity index (χ1v) is 12.5. The molecule has 1 N–H and O–H groups in total. The summed E-state index contributed by atoms with van der Waals surface area (Å²) < 4.78 is 0. The SMILES string of the molecule is CC(=O)/C=C\C(C)=O.CC/C=C\C(=C/C=N)C(C)=O.CCCCC(C)=O.CCCCCCC(C)=O. The van der Waals surface area contributed by atoms with Gasteiger partial charge in [-0.1, -0.05) is 58.6 Å². The van der Waals surface area contributed by atoms with E-state index in [1.165, 1.54) is 58.3 Å². The van der Waals surface area contributed by atoms with Crippen molar-refractivity contribution in [2.75, 3.05) is 0 Å². The Bertz CT molecular complexity index is 684. The van der Waals surface area contributed by atoms with E-state index in [4.69, 9.17) is 5.41 Å². The van der Waals surface area contributed by atoms with Gasteiger partial charge in [-0.15, -0.1) is 0 Å². The molecular formula is C29H49NO5. The maximum absolute atomic E-state index is 10.8. The minimum Gasteiger partial charge on any atom is -0.309 e. The molecule has 0 aromatic carbocycles. The van der Waals surface area contributed by atoms with Gasteiger partial charge in [0.25, 0.3) is 0 Å². The Hall–Kier alpha value is -2.76. The third kappa shape index (κ3) is 49.5. The number of carbonyl (C=O) groups excluding carboxylic acids is 5. The highest BCUT2D eigenvalue weighted by Gasteiger charge is 1.95. The van der Waals surface area contributed by atoms with E-state index in [-0.39, 0.29) is 17.3 Å². The Morgan fingerprint density at radius 1 is 0.629 bits per heavy atom. The Morgan fingerprint density at radius 3 is 1.37 bits per heavy atom. The van der Waals surface area contributed by atoms with Gasteiger partial charge in [0.15, 0.2) is 17.3 Å². The fraction of sp³-hybridized carbons (Fsp3) is 0.586. The van der Waals surface area contributed by atoms with Crippen molar-refractivity contribution in [2.24, 2.45) is 0 Å². The van der Waals surface area contributed by atoms with Crippen LogP contribution in [0.4, 0.5) is 0 Å². The second-order valence-corrected chi connectivity index (χ2v) is 8.03. The fourth-order valence-electron chi connectivity index (χ4n) is 2.09. The fourth-order valence-corrected chi connectivity index (χ4v) is 2.09. The van der Waals surface area contributed by atoms with E-state index in [1.54, 1.807) is 19.9 Å². The molecule has 0 atom stereocenters. The van der Waals surface area contributed by atoms with E-state index in [0.29, 0.717) is 17.1 Å². The van der Waals surface area contributed by atoms with Gasteiger partial charge >= 0.3 is 0 Å². The van der Waals surface area contributed by atoms with Gasteiger partial charge in [0.1, 0.15) is 11.6 Å². The highest BCUT2D eigenvalue weighted by molar-refractivity contribution is 5.99. The van der Waals surface area contributed by atoms with Gasteiger partial charge in [0, 0.05) is 24.6 Å². The summed E-state index contributed by atoms with van der Waals surface area (Å²) in [6, 6.07) is 0. The first-order chi connectivity index (χ1) is 16.4. The lowest BCUT2D eigenvalue weighted by Gasteiger charge is -1.93.